The number of nitrogens with one attached hydrogen (secondary N) is 1. The van der Waals surface area contributed by atoms with Gasteiger partial charge in [-0.2, -0.15) is 0 Å². The molecule has 0 saturated carbocycles. The van der Waals surface area contributed by atoms with E-state index in [2.05, 4.69) is 16.5 Å². The fraction of sp³-hybridized carbons (Fsp3) is 0.545. The minimum absolute atomic E-state index is 0.179. The van der Waals surface area contributed by atoms with Crippen LogP contribution in [0.1, 0.15) is 57.1 Å². The van der Waals surface area contributed by atoms with Crippen molar-refractivity contribution in [3.63, 3.8) is 0 Å². The molecule has 2 nitrogen and oxygen atoms in total. The topological polar surface area (TPSA) is 19.0 Å². The van der Waals surface area contributed by atoms with Crippen molar-refractivity contribution in [2.75, 3.05) is 19.6 Å². The van der Waals surface area contributed by atoms with Crippen LogP contribution >= 0.6 is 0 Å². The Kier molecular flexibility index (Phi) is 5.33. The van der Waals surface area contributed by atoms with E-state index in [1.807, 2.05) is 27.0 Å². The maximum Gasteiger partial charge on any atom is 0.125 e. The van der Waals surface area contributed by atoms with Gasteiger partial charge in [-0.1, -0.05) is 20.4 Å². The van der Waals surface area contributed by atoms with Crippen LogP contribution in [0.15, 0.2) is 24.9 Å². The minimum Gasteiger partial charge on any atom is -0.360 e. The summed E-state index contributed by atoms with van der Waals surface area (Å²) in [6.45, 7) is 14.2. The summed E-state index contributed by atoms with van der Waals surface area (Å²) in [5.74, 6) is -0.179. The number of hydrogen-bond acceptors (Lipinski definition) is 1. The lowest BCUT2D eigenvalue weighted by molar-refractivity contribution is 0.0211. The van der Waals surface area contributed by atoms with Gasteiger partial charge in [0.15, 0.2) is 0 Å². The summed E-state index contributed by atoms with van der Waals surface area (Å²) in [5, 5.41) is 1.13. The normalized spacial score (nSPS) is 24.9. The number of benzene rings is 1. The predicted octanol–water partition coefficient (Wildman–Crippen LogP) is 5.92. The SMILES string of the molecule is C=C(CCC12CCN(CC1)CC2)c1c[nH]c2cc(F)cc(C)c12.CC. The zero-order chi connectivity index (χ0) is 18.0. The second-order valence-corrected chi connectivity index (χ2v) is 7.54. The molecule has 25 heavy (non-hydrogen) atoms. The molecular formula is C22H31FN2. The zero-order valence-electron chi connectivity index (χ0n) is 15.9. The largest absolute Gasteiger partial charge is 0.360 e. The van der Waals surface area contributed by atoms with Crippen molar-refractivity contribution < 1.29 is 4.39 Å². The average molecular weight is 343 g/mol. The van der Waals surface area contributed by atoms with Crippen LogP contribution in [0.4, 0.5) is 4.39 Å². The van der Waals surface area contributed by atoms with Crippen LogP contribution in [0, 0.1) is 18.2 Å². The minimum atomic E-state index is -0.179. The van der Waals surface area contributed by atoms with Crippen LogP contribution in [-0.2, 0) is 0 Å². The summed E-state index contributed by atoms with van der Waals surface area (Å²) in [7, 11) is 0. The number of aryl methyl sites for hydroxylation is 1. The van der Waals surface area contributed by atoms with Gasteiger partial charge in [-0.15, -0.1) is 0 Å². The molecule has 5 rings (SSSR count). The van der Waals surface area contributed by atoms with E-state index < -0.39 is 0 Å². The summed E-state index contributed by atoms with van der Waals surface area (Å²) in [4.78, 5) is 5.80. The van der Waals surface area contributed by atoms with Gasteiger partial charge < -0.3 is 9.88 Å². The number of aromatic amines is 1. The highest BCUT2D eigenvalue weighted by atomic mass is 19.1. The van der Waals surface area contributed by atoms with Gasteiger partial charge in [0.05, 0.1) is 0 Å². The molecule has 0 spiro atoms. The predicted molar refractivity (Wildman–Crippen MR) is 105 cm³/mol. The highest BCUT2D eigenvalue weighted by Crippen LogP contribution is 2.45. The molecule has 3 saturated heterocycles. The highest BCUT2D eigenvalue weighted by molar-refractivity contribution is 5.94. The van der Waals surface area contributed by atoms with Crippen LogP contribution in [0.3, 0.4) is 0 Å². The number of halogens is 1. The molecule has 0 atom stereocenters. The fourth-order valence-electron chi connectivity index (χ4n) is 4.54. The first-order valence-electron chi connectivity index (χ1n) is 9.74. The van der Waals surface area contributed by atoms with Gasteiger partial charge in [-0.25, -0.2) is 4.39 Å². The second-order valence-electron chi connectivity index (χ2n) is 7.54. The van der Waals surface area contributed by atoms with Crippen molar-refractivity contribution in [1.82, 2.24) is 9.88 Å². The van der Waals surface area contributed by atoms with Crippen molar-refractivity contribution >= 4 is 16.5 Å². The number of allylic oxidation sites excluding steroid dienone is 1. The van der Waals surface area contributed by atoms with E-state index in [9.17, 15) is 4.39 Å². The monoisotopic (exact) mass is 342 g/mol. The average Bonchev–Trinajstić information content (AvgIpc) is 3.07. The standard InChI is InChI=1S/C20H25FN2.C2H6/c1-14(3-4-20-5-8-23(9-6-20)10-7-20)17-13-22-18-12-16(21)11-15(2)19(17)18;1-2/h11-13,22H,1,3-10H2,2H3;1-2H3. The molecular weight excluding hydrogens is 311 g/mol. The number of fused-ring (bicyclic) bond motifs is 4. The molecule has 1 aromatic carbocycles. The molecule has 0 unspecified atom stereocenters. The smallest absolute Gasteiger partial charge is 0.125 e. The lowest BCUT2D eigenvalue weighted by Gasteiger charge is -2.48. The number of hydrogen-bond donors (Lipinski definition) is 1. The van der Waals surface area contributed by atoms with Crippen molar-refractivity contribution in [3.8, 4) is 0 Å². The van der Waals surface area contributed by atoms with Crippen molar-refractivity contribution in [2.24, 2.45) is 5.41 Å². The number of aromatic nitrogens is 1. The van der Waals surface area contributed by atoms with Gasteiger partial charge in [-0.05, 0) is 87.3 Å². The first-order valence-corrected chi connectivity index (χ1v) is 9.74. The Morgan fingerprint density at radius 3 is 2.48 bits per heavy atom. The Morgan fingerprint density at radius 1 is 1.20 bits per heavy atom. The van der Waals surface area contributed by atoms with Crippen LogP contribution in [-0.4, -0.2) is 29.5 Å². The third-order valence-corrected chi connectivity index (χ3v) is 6.15. The lowest BCUT2D eigenvalue weighted by Crippen LogP contribution is -2.48. The zero-order valence-corrected chi connectivity index (χ0v) is 15.9. The Labute approximate surface area is 151 Å². The Balaban J connectivity index is 0.000000880. The number of rotatable bonds is 4. The molecule has 1 N–H and O–H groups in total. The van der Waals surface area contributed by atoms with E-state index in [4.69, 9.17) is 0 Å². The Hall–Kier alpha value is -1.61. The van der Waals surface area contributed by atoms with E-state index in [0.717, 1.165) is 22.9 Å². The lowest BCUT2D eigenvalue weighted by atomic mass is 9.68. The maximum atomic E-state index is 13.6. The summed E-state index contributed by atoms with van der Waals surface area (Å²) in [5.41, 5.74) is 4.77. The molecule has 1 aromatic heterocycles. The Bertz CT molecular complexity index is 737. The van der Waals surface area contributed by atoms with Gasteiger partial charge in [0.1, 0.15) is 5.82 Å². The first kappa shape index (κ1) is 18.2. The summed E-state index contributed by atoms with van der Waals surface area (Å²) >= 11 is 0. The maximum absolute atomic E-state index is 13.6. The van der Waals surface area contributed by atoms with E-state index in [0.29, 0.717) is 5.41 Å². The fourth-order valence-corrected chi connectivity index (χ4v) is 4.54. The van der Waals surface area contributed by atoms with Gasteiger partial charge in [-0.3, -0.25) is 0 Å². The molecule has 0 aliphatic carbocycles. The molecule has 0 amide bonds. The van der Waals surface area contributed by atoms with Crippen LogP contribution in [0.25, 0.3) is 16.5 Å². The highest BCUT2D eigenvalue weighted by Gasteiger charge is 2.38. The van der Waals surface area contributed by atoms with Crippen molar-refractivity contribution in [2.45, 2.75) is 52.9 Å². The molecule has 3 heteroatoms. The van der Waals surface area contributed by atoms with Gasteiger partial charge in [0, 0.05) is 22.7 Å². The quantitative estimate of drug-likeness (QED) is 0.730. The number of piperidine rings is 3. The second kappa shape index (κ2) is 7.33. The first-order chi connectivity index (χ1) is 12.1. The van der Waals surface area contributed by atoms with Crippen LogP contribution in [0.2, 0.25) is 0 Å². The third kappa shape index (κ3) is 3.52. The third-order valence-electron chi connectivity index (χ3n) is 6.15. The summed E-state index contributed by atoms with van der Waals surface area (Å²) in [6, 6.07) is 3.19. The van der Waals surface area contributed by atoms with E-state index >= 15 is 0 Å². The van der Waals surface area contributed by atoms with Gasteiger partial charge in [0.25, 0.3) is 0 Å². The van der Waals surface area contributed by atoms with E-state index in [1.54, 1.807) is 12.1 Å². The molecule has 136 valence electrons. The summed E-state index contributed by atoms with van der Waals surface area (Å²) in [6.07, 6.45) is 8.33. The summed E-state index contributed by atoms with van der Waals surface area (Å²) < 4.78 is 13.6. The van der Waals surface area contributed by atoms with Gasteiger partial charge in [0.2, 0.25) is 0 Å². The van der Waals surface area contributed by atoms with Crippen LogP contribution in [0.5, 0.6) is 0 Å². The van der Waals surface area contributed by atoms with Crippen LogP contribution < -0.4 is 0 Å². The molecule has 3 fully saturated rings. The molecule has 2 aromatic rings. The van der Waals surface area contributed by atoms with E-state index in [1.165, 1.54) is 56.5 Å². The van der Waals surface area contributed by atoms with Crippen molar-refractivity contribution in [1.29, 1.82) is 0 Å². The number of nitrogens with zero attached hydrogens (tertiary/aromatic N) is 1. The van der Waals surface area contributed by atoms with Crippen molar-refractivity contribution in [3.05, 3.63) is 41.9 Å². The molecule has 0 radical (unpaired) electrons. The van der Waals surface area contributed by atoms with E-state index in [-0.39, 0.29) is 5.82 Å². The Morgan fingerprint density at radius 2 is 1.84 bits per heavy atom. The molecule has 3 aliphatic rings. The molecule has 2 bridgehead atoms. The molecule has 4 heterocycles. The van der Waals surface area contributed by atoms with Gasteiger partial charge >= 0.3 is 0 Å². The molecule has 3 aliphatic heterocycles. The number of H-pyrrole nitrogens is 1.